The molecule has 2 aromatic rings. The second kappa shape index (κ2) is 6.39. The Labute approximate surface area is 120 Å². The van der Waals surface area contributed by atoms with E-state index in [0.717, 1.165) is 18.3 Å². The van der Waals surface area contributed by atoms with Crippen molar-refractivity contribution in [1.82, 2.24) is 4.98 Å². The van der Waals surface area contributed by atoms with E-state index in [1.807, 2.05) is 6.92 Å². The van der Waals surface area contributed by atoms with Crippen LogP contribution in [0, 0.1) is 11.2 Å². The number of alkyl halides is 2. The Morgan fingerprint density at radius 3 is 2.67 bits per heavy atom. The average molecular weight is 293 g/mol. The lowest BCUT2D eigenvalue weighted by atomic mass is 10.0. The van der Waals surface area contributed by atoms with Gasteiger partial charge in [0.15, 0.2) is 0 Å². The van der Waals surface area contributed by atoms with E-state index >= 15 is 0 Å². The molecule has 0 saturated carbocycles. The number of pyridine rings is 1. The Morgan fingerprint density at radius 1 is 1.29 bits per heavy atom. The Balaban J connectivity index is 2.49. The molecule has 1 aromatic heterocycles. The van der Waals surface area contributed by atoms with Crippen molar-refractivity contribution in [2.75, 3.05) is 11.9 Å². The maximum atomic E-state index is 13.3. The summed E-state index contributed by atoms with van der Waals surface area (Å²) >= 11 is 0. The predicted molar refractivity (Wildman–Crippen MR) is 76.6 cm³/mol. The van der Waals surface area contributed by atoms with E-state index in [0.29, 0.717) is 29.1 Å². The molecule has 0 atom stereocenters. The summed E-state index contributed by atoms with van der Waals surface area (Å²) in [5.41, 5.74) is 1.49. The fourth-order valence-electron chi connectivity index (χ4n) is 1.97. The minimum Gasteiger partial charge on any atom is -0.384 e. The van der Waals surface area contributed by atoms with Crippen LogP contribution in [0.5, 0.6) is 0 Å². The molecule has 2 rings (SSSR count). The van der Waals surface area contributed by atoms with Gasteiger partial charge in [-0.2, -0.15) is 0 Å². The lowest BCUT2D eigenvalue weighted by Crippen LogP contribution is -2.02. The van der Waals surface area contributed by atoms with Crippen LogP contribution in [0.1, 0.15) is 24.6 Å². The highest BCUT2D eigenvalue weighted by Crippen LogP contribution is 2.29. The van der Waals surface area contributed by atoms with Crippen molar-refractivity contribution in [1.29, 1.82) is 5.41 Å². The van der Waals surface area contributed by atoms with Crippen molar-refractivity contribution in [3.63, 3.8) is 0 Å². The molecule has 21 heavy (non-hydrogen) atoms. The first-order chi connectivity index (χ1) is 10.1. The zero-order chi connectivity index (χ0) is 15.4. The number of benzene rings is 1. The van der Waals surface area contributed by atoms with Crippen LogP contribution in [0.4, 0.5) is 18.9 Å². The molecule has 3 nitrogen and oxygen atoms in total. The normalized spacial score (nSPS) is 10.7. The molecule has 0 fully saturated rings. The van der Waals surface area contributed by atoms with Crippen LogP contribution in [0.15, 0.2) is 30.5 Å². The SMILES string of the molecule is CCNc1cc(-c2ccc(F)c(C(F)F)c2)cnc1C=N. The van der Waals surface area contributed by atoms with Crippen LogP contribution >= 0.6 is 0 Å². The van der Waals surface area contributed by atoms with Gasteiger partial charge in [0.1, 0.15) is 11.5 Å². The second-order valence-electron chi connectivity index (χ2n) is 4.37. The van der Waals surface area contributed by atoms with Gasteiger partial charge in [0, 0.05) is 24.5 Å². The van der Waals surface area contributed by atoms with Gasteiger partial charge in [0.05, 0.1) is 11.3 Å². The monoisotopic (exact) mass is 293 g/mol. The van der Waals surface area contributed by atoms with Crippen molar-refractivity contribution in [3.05, 3.63) is 47.5 Å². The van der Waals surface area contributed by atoms with Crippen LogP contribution in [-0.2, 0) is 0 Å². The minimum absolute atomic E-state index is 0.454. The first-order valence-electron chi connectivity index (χ1n) is 6.39. The second-order valence-corrected chi connectivity index (χ2v) is 4.37. The number of anilines is 1. The fraction of sp³-hybridized carbons (Fsp3) is 0.200. The molecule has 0 unspecified atom stereocenters. The lowest BCUT2D eigenvalue weighted by molar-refractivity contribution is 0.146. The summed E-state index contributed by atoms with van der Waals surface area (Å²) in [4.78, 5) is 4.10. The maximum Gasteiger partial charge on any atom is 0.266 e. The topological polar surface area (TPSA) is 48.8 Å². The minimum atomic E-state index is -2.87. The molecular weight excluding hydrogens is 279 g/mol. The van der Waals surface area contributed by atoms with Crippen molar-refractivity contribution in [3.8, 4) is 11.1 Å². The molecule has 0 saturated heterocycles. The van der Waals surface area contributed by atoms with Gasteiger partial charge < -0.3 is 10.7 Å². The zero-order valence-electron chi connectivity index (χ0n) is 11.3. The number of halogens is 3. The molecule has 0 aliphatic rings. The Bertz CT molecular complexity index is 657. The predicted octanol–water partition coefficient (Wildman–Crippen LogP) is 4.25. The Hall–Kier alpha value is -2.37. The molecule has 2 N–H and O–H groups in total. The third-order valence-corrected chi connectivity index (χ3v) is 2.99. The van der Waals surface area contributed by atoms with Gasteiger partial charge in [-0.1, -0.05) is 6.07 Å². The highest BCUT2D eigenvalue weighted by atomic mass is 19.3. The van der Waals surface area contributed by atoms with E-state index in [4.69, 9.17) is 5.41 Å². The van der Waals surface area contributed by atoms with Crippen molar-refractivity contribution < 1.29 is 13.2 Å². The first-order valence-corrected chi connectivity index (χ1v) is 6.39. The van der Waals surface area contributed by atoms with Gasteiger partial charge in [-0.05, 0) is 30.7 Å². The highest BCUT2D eigenvalue weighted by molar-refractivity contribution is 5.85. The molecule has 0 aliphatic heterocycles. The molecule has 0 aliphatic carbocycles. The summed E-state index contributed by atoms with van der Waals surface area (Å²) in [7, 11) is 0. The van der Waals surface area contributed by atoms with E-state index in [2.05, 4.69) is 10.3 Å². The van der Waals surface area contributed by atoms with E-state index in [9.17, 15) is 13.2 Å². The fourth-order valence-corrected chi connectivity index (χ4v) is 1.97. The summed E-state index contributed by atoms with van der Waals surface area (Å²) in [6.07, 6.45) is -0.284. The molecule has 110 valence electrons. The summed E-state index contributed by atoms with van der Waals surface area (Å²) in [6, 6.07) is 5.28. The number of nitrogens with zero attached hydrogens (tertiary/aromatic N) is 1. The van der Waals surface area contributed by atoms with Gasteiger partial charge in [0.2, 0.25) is 0 Å². The molecule has 1 aromatic carbocycles. The summed E-state index contributed by atoms with van der Waals surface area (Å²) < 4.78 is 38.8. The summed E-state index contributed by atoms with van der Waals surface area (Å²) in [5.74, 6) is -0.926. The third kappa shape index (κ3) is 3.21. The molecule has 0 amide bonds. The standard InChI is InChI=1S/C15H14F3N3/c1-2-20-13-6-10(8-21-14(13)7-19)9-3-4-12(16)11(5-9)15(17)18/h3-8,15,19-20H,2H2,1H3. The molecule has 0 radical (unpaired) electrons. The van der Waals surface area contributed by atoms with Gasteiger partial charge >= 0.3 is 0 Å². The van der Waals surface area contributed by atoms with Crippen molar-refractivity contribution in [2.45, 2.75) is 13.3 Å². The molecule has 1 heterocycles. The van der Waals surface area contributed by atoms with Crippen molar-refractivity contribution in [2.24, 2.45) is 0 Å². The lowest BCUT2D eigenvalue weighted by Gasteiger charge is -2.10. The summed E-state index contributed by atoms with van der Waals surface area (Å²) in [6.45, 7) is 2.53. The number of rotatable bonds is 5. The van der Waals surface area contributed by atoms with Gasteiger partial charge in [-0.15, -0.1) is 0 Å². The molecule has 6 heteroatoms. The third-order valence-electron chi connectivity index (χ3n) is 2.99. The average Bonchev–Trinajstić information content (AvgIpc) is 2.47. The molecule has 0 bridgehead atoms. The Kier molecular flexibility index (Phi) is 4.57. The first kappa shape index (κ1) is 15.0. The van der Waals surface area contributed by atoms with Crippen LogP contribution in [0.25, 0.3) is 11.1 Å². The van der Waals surface area contributed by atoms with Gasteiger partial charge in [-0.3, -0.25) is 4.98 Å². The number of hydrogen-bond donors (Lipinski definition) is 2. The summed E-state index contributed by atoms with van der Waals surface area (Å²) in [5, 5.41) is 10.3. The quantitative estimate of drug-likeness (QED) is 0.809. The zero-order valence-corrected chi connectivity index (χ0v) is 11.3. The van der Waals surface area contributed by atoms with Crippen LogP contribution in [0.3, 0.4) is 0 Å². The Morgan fingerprint density at radius 2 is 2.05 bits per heavy atom. The molecular formula is C15H14F3N3. The molecule has 0 spiro atoms. The maximum absolute atomic E-state index is 13.3. The number of nitrogens with one attached hydrogen (secondary N) is 2. The van der Waals surface area contributed by atoms with Gasteiger partial charge in [-0.25, -0.2) is 13.2 Å². The van der Waals surface area contributed by atoms with E-state index in [1.54, 1.807) is 6.07 Å². The highest BCUT2D eigenvalue weighted by Gasteiger charge is 2.15. The van der Waals surface area contributed by atoms with Crippen LogP contribution in [0.2, 0.25) is 0 Å². The van der Waals surface area contributed by atoms with E-state index in [1.165, 1.54) is 12.3 Å². The number of hydrogen-bond acceptors (Lipinski definition) is 3. The van der Waals surface area contributed by atoms with Gasteiger partial charge in [0.25, 0.3) is 6.43 Å². The smallest absolute Gasteiger partial charge is 0.266 e. The largest absolute Gasteiger partial charge is 0.384 e. The van der Waals surface area contributed by atoms with E-state index < -0.39 is 17.8 Å². The van der Waals surface area contributed by atoms with Crippen LogP contribution in [-0.4, -0.2) is 17.7 Å². The van der Waals surface area contributed by atoms with Crippen molar-refractivity contribution >= 4 is 11.9 Å². The van der Waals surface area contributed by atoms with Crippen LogP contribution < -0.4 is 5.32 Å². The number of aromatic nitrogens is 1. The van der Waals surface area contributed by atoms with E-state index in [-0.39, 0.29) is 0 Å².